The summed E-state index contributed by atoms with van der Waals surface area (Å²) in [5.74, 6) is 0. The molecule has 0 saturated heterocycles. The first-order chi connectivity index (χ1) is 6.82. The number of rotatable bonds is 2. The van der Waals surface area contributed by atoms with Crippen LogP contribution in [0.1, 0.15) is 24.1 Å². The van der Waals surface area contributed by atoms with Crippen LogP contribution in [-0.2, 0) is 6.18 Å². The number of aliphatic hydroxyl groups is 1. The molecule has 0 aliphatic carbocycles. The maximum Gasteiger partial charge on any atom is 0.416 e. The van der Waals surface area contributed by atoms with E-state index in [9.17, 15) is 13.2 Å². The molecule has 1 aromatic rings. The number of alkyl halides is 3. The molecule has 0 saturated carbocycles. The zero-order chi connectivity index (χ0) is 11.6. The summed E-state index contributed by atoms with van der Waals surface area (Å²) in [6.07, 6.45) is -5.26. The lowest BCUT2D eigenvalue weighted by molar-refractivity contribution is -0.137. The first kappa shape index (κ1) is 12.0. The van der Waals surface area contributed by atoms with E-state index in [2.05, 4.69) is 0 Å². The van der Waals surface area contributed by atoms with E-state index in [0.29, 0.717) is 0 Å². The number of aliphatic hydroxyl groups excluding tert-OH is 1. The van der Waals surface area contributed by atoms with Gasteiger partial charge >= 0.3 is 6.18 Å². The Morgan fingerprint density at radius 1 is 1.33 bits per heavy atom. The number of benzene rings is 1. The molecule has 0 aliphatic heterocycles. The van der Waals surface area contributed by atoms with Crippen LogP contribution in [0.15, 0.2) is 24.3 Å². The molecule has 0 unspecified atom stereocenters. The molecule has 0 aromatic heterocycles. The van der Waals surface area contributed by atoms with Gasteiger partial charge in [0.25, 0.3) is 0 Å². The van der Waals surface area contributed by atoms with Gasteiger partial charge in [-0.1, -0.05) is 12.1 Å². The van der Waals surface area contributed by atoms with Crippen LogP contribution < -0.4 is 5.73 Å². The van der Waals surface area contributed by atoms with Crippen molar-refractivity contribution in [1.29, 1.82) is 0 Å². The molecule has 1 aromatic carbocycles. The van der Waals surface area contributed by atoms with Gasteiger partial charge in [0.1, 0.15) is 0 Å². The summed E-state index contributed by atoms with van der Waals surface area (Å²) in [6.45, 7) is 1.44. The summed E-state index contributed by atoms with van der Waals surface area (Å²) in [5, 5.41) is 9.16. The maximum atomic E-state index is 12.3. The summed E-state index contributed by atoms with van der Waals surface area (Å²) in [7, 11) is 0. The van der Waals surface area contributed by atoms with Gasteiger partial charge in [0.05, 0.1) is 17.7 Å². The highest BCUT2D eigenvalue weighted by molar-refractivity contribution is 5.28. The van der Waals surface area contributed by atoms with Gasteiger partial charge in [0.15, 0.2) is 0 Å². The average molecular weight is 219 g/mol. The molecular weight excluding hydrogens is 207 g/mol. The summed E-state index contributed by atoms with van der Waals surface area (Å²) in [6, 6.07) is 3.87. The Bertz CT molecular complexity index is 336. The Balaban J connectivity index is 3.03. The minimum absolute atomic E-state index is 0.278. The van der Waals surface area contributed by atoms with Crippen LogP contribution in [0.5, 0.6) is 0 Å². The van der Waals surface area contributed by atoms with Gasteiger partial charge in [-0.25, -0.2) is 0 Å². The van der Waals surface area contributed by atoms with Crippen LogP contribution in [0.3, 0.4) is 0 Å². The second-order valence-electron chi connectivity index (χ2n) is 3.39. The molecule has 0 bridgehead atoms. The van der Waals surface area contributed by atoms with Gasteiger partial charge in [-0.15, -0.1) is 0 Å². The third-order valence-electron chi connectivity index (χ3n) is 2.12. The van der Waals surface area contributed by atoms with E-state index < -0.39 is 23.9 Å². The predicted molar refractivity (Wildman–Crippen MR) is 50.1 cm³/mol. The molecule has 5 heteroatoms. The fraction of sp³-hybridized carbons (Fsp3) is 0.400. The number of nitrogens with two attached hydrogens (primary N) is 1. The fourth-order valence-electron chi connectivity index (χ4n) is 1.20. The van der Waals surface area contributed by atoms with E-state index in [4.69, 9.17) is 10.8 Å². The van der Waals surface area contributed by atoms with E-state index in [1.165, 1.54) is 19.1 Å². The van der Waals surface area contributed by atoms with Crippen molar-refractivity contribution in [3.05, 3.63) is 35.4 Å². The molecule has 0 heterocycles. The zero-order valence-corrected chi connectivity index (χ0v) is 8.12. The molecular formula is C10H12F3NO. The SMILES string of the molecule is C[C@H](O)[C@H](N)c1cccc(C(F)(F)F)c1. The molecule has 2 atom stereocenters. The Hall–Kier alpha value is -1.07. The Morgan fingerprint density at radius 2 is 1.93 bits per heavy atom. The first-order valence-corrected chi connectivity index (χ1v) is 4.43. The molecule has 1 rings (SSSR count). The fourth-order valence-corrected chi connectivity index (χ4v) is 1.20. The van der Waals surface area contributed by atoms with Gasteiger partial charge in [0.2, 0.25) is 0 Å². The summed E-state index contributed by atoms with van der Waals surface area (Å²) in [5.41, 5.74) is 5.06. The van der Waals surface area contributed by atoms with Crippen LogP contribution >= 0.6 is 0 Å². The van der Waals surface area contributed by atoms with E-state index in [-0.39, 0.29) is 5.56 Å². The van der Waals surface area contributed by atoms with Crippen molar-refractivity contribution < 1.29 is 18.3 Å². The van der Waals surface area contributed by atoms with Crippen LogP contribution in [-0.4, -0.2) is 11.2 Å². The summed E-state index contributed by atoms with van der Waals surface area (Å²) < 4.78 is 37.0. The van der Waals surface area contributed by atoms with Crippen LogP contribution in [0.2, 0.25) is 0 Å². The lowest BCUT2D eigenvalue weighted by Crippen LogP contribution is -2.23. The van der Waals surface area contributed by atoms with E-state index >= 15 is 0 Å². The largest absolute Gasteiger partial charge is 0.416 e. The number of hydrogen-bond donors (Lipinski definition) is 2. The van der Waals surface area contributed by atoms with Crippen molar-refractivity contribution in [3.8, 4) is 0 Å². The molecule has 0 aliphatic rings. The van der Waals surface area contributed by atoms with Crippen molar-refractivity contribution in [1.82, 2.24) is 0 Å². The van der Waals surface area contributed by atoms with Crippen molar-refractivity contribution in [2.75, 3.05) is 0 Å². The van der Waals surface area contributed by atoms with Crippen LogP contribution in [0, 0.1) is 0 Å². The Morgan fingerprint density at radius 3 is 2.40 bits per heavy atom. The molecule has 3 N–H and O–H groups in total. The standard InChI is InChI=1S/C10H12F3NO/c1-6(15)9(14)7-3-2-4-8(5-7)10(11,12)13/h2-6,9,15H,14H2,1H3/t6-,9-/m0/s1. The van der Waals surface area contributed by atoms with E-state index in [0.717, 1.165) is 12.1 Å². The molecule has 0 amide bonds. The molecule has 0 spiro atoms. The lowest BCUT2D eigenvalue weighted by Gasteiger charge is -2.16. The number of halogens is 3. The van der Waals surface area contributed by atoms with Crippen LogP contribution in [0.4, 0.5) is 13.2 Å². The Kier molecular flexibility index (Phi) is 3.36. The minimum atomic E-state index is -4.38. The topological polar surface area (TPSA) is 46.2 Å². The van der Waals surface area contributed by atoms with Gasteiger partial charge in [-0.3, -0.25) is 0 Å². The highest BCUT2D eigenvalue weighted by Gasteiger charge is 2.30. The quantitative estimate of drug-likeness (QED) is 0.800. The maximum absolute atomic E-state index is 12.3. The second kappa shape index (κ2) is 4.20. The molecule has 0 radical (unpaired) electrons. The smallest absolute Gasteiger partial charge is 0.391 e. The van der Waals surface area contributed by atoms with E-state index in [1.807, 2.05) is 0 Å². The molecule has 15 heavy (non-hydrogen) atoms. The summed E-state index contributed by atoms with van der Waals surface area (Å²) >= 11 is 0. The van der Waals surface area contributed by atoms with Crippen molar-refractivity contribution in [3.63, 3.8) is 0 Å². The summed E-state index contributed by atoms with van der Waals surface area (Å²) in [4.78, 5) is 0. The van der Waals surface area contributed by atoms with Gasteiger partial charge in [0, 0.05) is 0 Å². The number of hydrogen-bond acceptors (Lipinski definition) is 2. The van der Waals surface area contributed by atoms with Gasteiger partial charge < -0.3 is 10.8 Å². The third-order valence-corrected chi connectivity index (χ3v) is 2.12. The van der Waals surface area contributed by atoms with Crippen molar-refractivity contribution in [2.24, 2.45) is 5.73 Å². The lowest BCUT2D eigenvalue weighted by atomic mass is 10.0. The first-order valence-electron chi connectivity index (χ1n) is 4.43. The predicted octanol–water partition coefficient (Wildman–Crippen LogP) is 2.09. The molecule has 84 valence electrons. The minimum Gasteiger partial charge on any atom is -0.391 e. The van der Waals surface area contributed by atoms with Crippen molar-refractivity contribution >= 4 is 0 Å². The zero-order valence-electron chi connectivity index (χ0n) is 8.12. The monoisotopic (exact) mass is 219 g/mol. The van der Waals surface area contributed by atoms with E-state index in [1.54, 1.807) is 0 Å². The average Bonchev–Trinajstić information content (AvgIpc) is 2.15. The van der Waals surface area contributed by atoms with Crippen molar-refractivity contribution in [2.45, 2.75) is 25.2 Å². The normalized spacial score (nSPS) is 16.1. The Labute approximate surface area is 85.5 Å². The second-order valence-corrected chi connectivity index (χ2v) is 3.39. The van der Waals surface area contributed by atoms with Gasteiger partial charge in [-0.2, -0.15) is 13.2 Å². The molecule has 0 fully saturated rings. The molecule has 2 nitrogen and oxygen atoms in total. The third kappa shape index (κ3) is 2.94. The van der Waals surface area contributed by atoms with Gasteiger partial charge in [-0.05, 0) is 24.6 Å². The van der Waals surface area contributed by atoms with Crippen LogP contribution in [0.25, 0.3) is 0 Å². The highest BCUT2D eigenvalue weighted by atomic mass is 19.4. The highest BCUT2D eigenvalue weighted by Crippen LogP contribution is 2.30.